The molecule has 0 spiro atoms. The van der Waals surface area contributed by atoms with Crippen LogP contribution in [0.2, 0.25) is 0 Å². The van der Waals surface area contributed by atoms with Gasteiger partial charge in [-0.2, -0.15) is 5.10 Å². The molecular weight excluding hydrogens is 168 g/mol. The maximum absolute atomic E-state index is 11.4. The maximum Gasteiger partial charge on any atom is 0.288 e. The Kier molecular flexibility index (Phi) is 1.61. The van der Waals surface area contributed by atoms with Gasteiger partial charge in [0.15, 0.2) is 0 Å². The third-order valence-electron chi connectivity index (χ3n) is 2.45. The predicted molar refractivity (Wildman–Crippen MR) is 46.0 cm³/mol. The second-order valence-corrected chi connectivity index (χ2v) is 4.05. The molecule has 0 radical (unpaired) electrons. The molecule has 0 aliphatic heterocycles. The number of nitrogens with zero attached hydrogens (tertiary/aromatic N) is 2. The van der Waals surface area contributed by atoms with Crippen LogP contribution in [0.5, 0.6) is 0 Å². The zero-order valence-electron chi connectivity index (χ0n) is 7.66. The molecule has 1 saturated carbocycles. The third kappa shape index (κ3) is 1.54. The van der Waals surface area contributed by atoms with Gasteiger partial charge in [-0.1, -0.05) is 13.8 Å². The second kappa shape index (κ2) is 2.55. The van der Waals surface area contributed by atoms with E-state index in [1.165, 1.54) is 6.33 Å². The standard InChI is InChI=1S/C8H12N4O/c1-8(2)3-5(8)11-7(13)6-9-4-10-12-6/h4-5H,3H2,1-2H3,(H,11,13)(H,9,10,12). The summed E-state index contributed by atoms with van der Waals surface area (Å²) in [6.45, 7) is 4.25. The van der Waals surface area contributed by atoms with Gasteiger partial charge in [0.2, 0.25) is 5.82 Å². The van der Waals surface area contributed by atoms with Crippen LogP contribution in [0.15, 0.2) is 6.33 Å². The summed E-state index contributed by atoms with van der Waals surface area (Å²) in [5, 5.41) is 9.01. The van der Waals surface area contributed by atoms with Gasteiger partial charge in [-0.3, -0.25) is 9.89 Å². The third-order valence-corrected chi connectivity index (χ3v) is 2.45. The number of nitrogens with one attached hydrogen (secondary N) is 2. The number of rotatable bonds is 2. The van der Waals surface area contributed by atoms with E-state index in [0.717, 1.165) is 6.42 Å². The summed E-state index contributed by atoms with van der Waals surface area (Å²) in [5.74, 6) is 0.107. The van der Waals surface area contributed by atoms with Gasteiger partial charge < -0.3 is 5.32 Å². The number of carbonyl (C=O) groups excluding carboxylic acids is 1. The van der Waals surface area contributed by atoms with Gasteiger partial charge in [-0.25, -0.2) is 4.98 Å². The highest BCUT2D eigenvalue weighted by Crippen LogP contribution is 2.44. The van der Waals surface area contributed by atoms with Gasteiger partial charge in [0.1, 0.15) is 6.33 Å². The highest BCUT2D eigenvalue weighted by Gasteiger charge is 2.46. The first-order chi connectivity index (χ1) is 6.09. The van der Waals surface area contributed by atoms with Crippen molar-refractivity contribution < 1.29 is 4.79 Å². The summed E-state index contributed by atoms with van der Waals surface area (Å²) < 4.78 is 0. The molecule has 0 saturated heterocycles. The van der Waals surface area contributed by atoms with Crippen LogP contribution in [0.25, 0.3) is 0 Å². The molecule has 2 N–H and O–H groups in total. The van der Waals surface area contributed by atoms with Crippen molar-refractivity contribution in [2.45, 2.75) is 26.3 Å². The number of aromatic amines is 1. The Balaban J connectivity index is 1.94. The van der Waals surface area contributed by atoms with Crippen LogP contribution in [0.4, 0.5) is 0 Å². The fraction of sp³-hybridized carbons (Fsp3) is 0.625. The summed E-state index contributed by atoms with van der Waals surface area (Å²) in [5.41, 5.74) is 0.246. The second-order valence-electron chi connectivity index (χ2n) is 4.05. The Morgan fingerprint density at radius 3 is 2.92 bits per heavy atom. The van der Waals surface area contributed by atoms with Crippen molar-refractivity contribution in [1.82, 2.24) is 20.5 Å². The number of aromatic nitrogens is 3. The van der Waals surface area contributed by atoms with E-state index in [2.05, 4.69) is 34.3 Å². The van der Waals surface area contributed by atoms with Gasteiger partial charge in [0.25, 0.3) is 5.91 Å². The molecule has 5 nitrogen and oxygen atoms in total. The molecule has 1 heterocycles. The lowest BCUT2D eigenvalue weighted by molar-refractivity contribution is 0.0936. The molecule has 0 aromatic carbocycles. The van der Waals surface area contributed by atoms with E-state index in [1.54, 1.807) is 0 Å². The van der Waals surface area contributed by atoms with E-state index in [1.807, 2.05) is 0 Å². The predicted octanol–water partition coefficient (Wildman–Crippen LogP) is 0.333. The smallest absolute Gasteiger partial charge is 0.288 e. The van der Waals surface area contributed by atoms with Crippen molar-refractivity contribution in [2.24, 2.45) is 5.41 Å². The summed E-state index contributed by atoms with van der Waals surface area (Å²) in [6.07, 6.45) is 2.36. The van der Waals surface area contributed by atoms with E-state index in [-0.39, 0.29) is 23.2 Å². The van der Waals surface area contributed by atoms with Crippen LogP contribution in [-0.2, 0) is 0 Å². The van der Waals surface area contributed by atoms with Crippen molar-refractivity contribution in [3.8, 4) is 0 Å². The number of amides is 1. The van der Waals surface area contributed by atoms with Crippen LogP contribution in [-0.4, -0.2) is 27.1 Å². The lowest BCUT2D eigenvalue weighted by Gasteiger charge is -2.03. The molecule has 1 unspecified atom stereocenters. The quantitative estimate of drug-likeness (QED) is 0.689. The van der Waals surface area contributed by atoms with Crippen molar-refractivity contribution >= 4 is 5.91 Å². The summed E-state index contributed by atoms with van der Waals surface area (Å²) in [7, 11) is 0. The van der Waals surface area contributed by atoms with E-state index in [4.69, 9.17) is 0 Å². The fourth-order valence-corrected chi connectivity index (χ4v) is 1.26. The molecule has 5 heteroatoms. The molecule has 2 rings (SSSR count). The summed E-state index contributed by atoms with van der Waals surface area (Å²) in [4.78, 5) is 15.2. The molecule has 1 aliphatic carbocycles. The first-order valence-corrected chi connectivity index (χ1v) is 4.26. The van der Waals surface area contributed by atoms with Gasteiger partial charge >= 0.3 is 0 Å². The van der Waals surface area contributed by atoms with Gasteiger partial charge in [0, 0.05) is 6.04 Å². The minimum atomic E-state index is -0.173. The fourth-order valence-electron chi connectivity index (χ4n) is 1.26. The van der Waals surface area contributed by atoms with Crippen molar-refractivity contribution in [2.75, 3.05) is 0 Å². The van der Waals surface area contributed by atoms with Crippen LogP contribution in [0.3, 0.4) is 0 Å². The lowest BCUT2D eigenvalue weighted by Crippen LogP contribution is -2.29. The SMILES string of the molecule is CC1(C)CC1NC(=O)c1ncn[nH]1. The van der Waals surface area contributed by atoms with Crippen LogP contribution in [0.1, 0.15) is 30.9 Å². The minimum absolute atomic E-state index is 0.173. The maximum atomic E-state index is 11.4. The average molecular weight is 180 g/mol. The van der Waals surface area contributed by atoms with Gasteiger partial charge in [0.05, 0.1) is 0 Å². The largest absolute Gasteiger partial charge is 0.346 e. The topological polar surface area (TPSA) is 70.7 Å². The summed E-state index contributed by atoms with van der Waals surface area (Å²) >= 11 is 0. The lowest BCUT2D eigenvalue weighted by atomic mass is 10.2. The molecule has 70 valence electrons. The highest BCUT2D eigenvalue weighted by atomic mass is 16.2. The van der Waals surface area contributed by atoms with Crippen LogP contribution < -0.4 is 5.32 Å². The van der Waals surface area contributed by atoms with Gasteiger partial charge in [-0.15, -0.1) is 0 Å². The molecule has 1 aliphatic rings. The molecule has 1 aromatic heterocycles. The Hall–Kier alpha value is -1.39. The first-order valence-electron chi connectivity index (χ1n) is 4.26. The zero-order valence-corrected chi connectivity index (χ0v) is 7.66. The number of H-pyrrole nitrogens is 1. The van der Waals surface area contributed by atoms with Crippen molar-refractivity contribution in [3.63, 3.8) is 0 Å². The van der Waals surface area contributed by atoms with Gasteiger partial charge in [-0.05, 0) is 11.8 Å². The number of hydrogen-bond acceptors (Lipinski definition) is 3. The van der Waals surface area contributed by atoms with Crippen molar-refractivity contribution in [3.05, 3.63) is 12.2 Å². The average Bonchev–Trinajstić information content (AvgIpc) is 2.58. The first kappa shape index (κ1) is 8.22. The molecule has 1 fully saturated rings. The Morgan fingerprint density at radius 1 is 1.77 bits per heavy atom. The molecule has 1 amide bonds. The Morgan fingerprint density at radius 2 is 2.46 bits per heavy atom. The zero-order chi connectivity index (χ0) is 9.47. The normalized spacial score (nSPS) is 24.0. The van der Waals surface area contributed by atoms with E-state index >= 15 is 0 Å². The number of hydrogen-bond donors (Lipinski definition) is 2. The molecule has 1 aromatic rings. The molecular formula is C8H12N4O. The van der Waals surface area contributed by atoms with E-state index in [0.29, 0.717) is 0 Å². The Labute approximate surface area is 75.9 Å². The van der Waals surface area contributed by atoms with E-state index < -0.39 is 0 Å². The molecule has 1 atom stereocenters. The monoisotopic (exact) mass is 180 g/mol. The number of carbonyl (C=O) groups is 1. The summed E-state index contributed by atoms with van der Waals surface area (Å²) in [6, 6.07) is 0.282. The Bertz CT molecular complexity index is 317. The van der Waals surface area contributed by atoms with Crippen LogP contribution in [0, 0.1) is 5.41 Å². The molecule has 13 heavy (non-hydrogen) atoms. The van der Waals surface area contributed by atoms with Crippen LogP contribution >= 0.6 is 0 Å². The highest BCUT2D eigenvalue weighted by molar-refractivity contribution is 5.90. The van der Waals surface area contributed by atoms with Crippen molar-refractivity contribution in [1.29, 1.82) is 0 Å². The minimum Gasteiger partial charge on any atom is -0.346 e. The van der Waals surface area contributed by atoms with E-state index in [9.17, 15) is 4.79 Å². The molecule has 0 bridgehead atoms.